The molecule has 12 heteroatoms. The fourth-order valence-electron chi connectivity index (χ4n) is 4.04. The number of nitrogens with one attached hydrogen (secondary N) is 5. The van der Waals surface area contributed by atoms with Gasteiger partial charge in [-0.05, 0) is 37.1 Å². The van der Waals surface area contributed by atoms with Gasteiger partial charge in [-0.1, -0.05) is 6.07 Å². The van der Waals surface area contributed by atoms with Crippen molar-refractivity contribution in [3.8, 4) is 5.75 Å². The third-order valence-corrected chi connectivity index (χ3v) is 6.01. The van der Waals surface area contributed by atoms with Crippen molar-refractivity contribution in [3.63, 3.8) is 0 Å². The Morgan fingerprint density at radius 1 is 1.11 bits per heavy atom. The zero-order valence-electron chi connectivity index (χ0n) is 20.9. The summed E-state index contributed by atoms with van der Waals surface area (Å²) in [4.78, 5) is 62.8. The van der Waals surface area contributed by atoms with Crippen LogP contribution < -0.4 is 20.7 Å². The summed E-state index contributed by atoms with van der Waals surface area (Å²) in [5, 5.41) is 8.44. The van der Waals surface area contributed by atoms with E-state index in [1.807, 2.05) is 0 Å². The fourth-order valence-corrected chi connectivity index (χ4v) is 4.04. The summed E-state index contributed by atoms with van der Waals surface area (Å²) in [6.07, 6.45) is 7.73. The van der Waals surface area contributed by atoms with Crippen LogP contribution in [0.2, 0.25) is 0 Å². The average Bonchev–Trinajstić information content (AvgIpc) is 3.64. The van der Waals surface area contributed by atoms with E-state index < -0.39 is 11.9 Å². The van der Waals surface area contributed by atoms with Crippen molar-refractivity contribution in [1.29, 1.82) is 0 Å². The number of hydrogen-bond donors (Lipinski definition) is 5. The van der Waals surface area contributed by atoms with Crippen LogP contribution in [0.3, 0.4) is 0 Å². The van der Waals surface area contributed by atoms with Gasteiger partial charge in [0.25, 0.3) is 11.8 Å². The number of carbonyl (C=O) groups is 4. The van der Waals surface area contributed by atoms with E-state index in [2.05, 4.69) is 30.9 Å². The molecule has 2 bridgehead atoms. The van der Waals surface area contributed by atoms with Gasteiger partial charge >= 0.3 is 0 Å². The SMILES string of the molecule is O=C1CN(C(=O)c2cc[nH]c2)CCCCNC(=O)[C@H](Cc2cnc[nH]2)NC(=O)c2cccc(c2)OCCN1. The number of H-pyrrole nitrogens is 2. The average molecular weight is 522 g/mol. The predicted molar refractivity (Wildman–Crippen MR) is 137 cm³/mol. The van der Waals surface area contributed by atoms with E-state index in [0.717, 1.165) is 0 Å². The summed E-state index contributed by atoms with van der Waals surface area (Å²) in [6.45, 7) is 0.982. The molecule has 3 aromatic rings. The van der Waals surface area contributed by atoms with Crippen LogP contribution >= 0.6 is 0 Å². The molecule has 5 N–H and O–H groups in total. The largest absolute Gasteiger partial charge is 0.492 e. The highest BCUT2D eigenvalue weighted by Gasteiger charge is 2.23. The highest BCUT2D eigenvalue weighted by Crippen LogP contribution is 2.14. The van der Waals surface area contributed by atoms with E-state index in [-0.39, 0.29) is 43.8 Å². The second-order valence-corrected chi connectivity index (χ2v) is 8.86. The van der Waals surface area contributed by atoms with Crippen molar-refractivity contribution < 1.29 is 23.9 Å². The lowest BCUT2D eigenvalue weighted by Crippen LogP contribution is -2.48. The molecule has 1 aromatic carbocycles. The third-order valence-electron chi connectivity index (χ3n) is 6.01. The Labute approximate surface area is 219 Å². The second-order valence-electron chi connectivity index (χ2n) is 8.86. The Morgan fingerprint density at radius 3 is 2.79 bits per heavy atom. The molecule has 38 heavy (non-hydrogen) atoms. The molecule has 0 unspecified atom stereocenters. The van der Waals surface area contributed by atoms with Crippen LogP contribution in [0, 0.1) is 0 Å². The Bertz CT molecular complexity index is 1230. The highest BCUT2D eigenvalue weighted by molar-refractivity contribution is 5.98. The van der Waals surface area contributed by atoms with Crippen molar-refractivity contribution in [3.05, 3.63) is 72.1 Å². The lowest BCUT2D eigenvalue weighted by Gasteiger charge is -2.22. The number of nitrogens with zero attached hydrogens (tertiary/aromatic N) is 2. The quantitative estimate of drug-likeness (QED) is 0.340. The van der Waals surface area contributed by atoms with E-state index in [4.69, 9.17) is 4.74 Å². The first-order chi connectivity index (χ1) is 18.5. The minimum Gasteiger partial charge on any atom is -0.492 e. The summed E-state index contributed by atoms with van der Waals surface area (Å²) >= 11 is 0. The smallest absolute Gasteiger partial charge is 0.255 e. The molecule has 1 aliphatic rings. The van der Waals surface area contributed by atoms with Crippen LogP contribution in [0.1, 0.15) is 39.3 Å². The van der Waals surface area contributed by atoms with Crippen LogP contribution in [-0.4, -0.2) is 82.3 Å². The molecule has 0 aliphatic carbocycles. The van der Waals surface area contributed by atoms with Crippen molar-refractivity contribution in [2.75, 3.05) is 32.8 Å². The highest BCUT2D eigenvalue weighted by atomic mass is 16.5. The van der Waals surface area contributed by atoms with Gasteiger partial charge < -0.3 is 35.6 Å². The van der Waals surface area contributed by atoms with Gasteiger partial charge in [0.05, 0.1) is 25.0 Å². The zero-order chi connectivity index (χ0) is 26.7. The first kappa shape index (κ1) is 26.5. The normalized spacial score (nSPS) is 18.2. The summed E-state index contributed by atoms with van der Waals surface area (Å²) in [7, 11) is 0. The maximum absolute atomic E-state index is 13.0. The van der Waals surface area contributed by atoms with Gasteiger partial charge in [0.1, 0.15) is 18.4 Å². The number of carbonyl (C=O) groups excluding carboxylic acids is 4. The molecule has 0 saturated carbocycles. The predicted octanol–water partition coefficient (Wildman–Crippen LogP) is 0.626. The van der Waals surface area contributed by atoms with Crippen molar-refractivity contribution >= 4 is 23.6 Å². The van der Waals surface area contributed by atoms with E-state index in [1.165, 1.54) is 11.2 Å². The Kier molecular flexibility index (Phi) is 9.11. The van der Waals surface area contributed by atoms with Crippen LogP contribution in [0.25, 0.3) is 0 Å². The van der Waals surface area contributed by atoms with Gasteiger partial charge in [0.15, 0.2) is 0 Å². The molecule has 0 fully saturated rings. The lowest BCUT2D eigenvalue weighted by molar-refractivity contribution is -0.123. The molecule has 2 aromatic heterocycles. The van der Waals surface area contributed by atoms with Crippen LogP contribution in [-0.2, 0) is 16.0 Å². The Morgan fingerprint density at radius 2 is 2.00 bits per heavy atom. The number of fused-ring (bicyclic) bond motifs is 2. The molecule has 12 nitrogen and oxygen atoms in total. The molecule has 1 aliphatic heterocycles. The monoisotopic (exact) mass is 521 g/mol. The van der Waals surface area contributed by atoms with Crippen LogP contribution in [0.5, 0.6) is 5.75 Å². The van der Waals surface area contributed by atoms with Gasteiger partial charge in [-0.15, -0.1) is 0 Å². The van der Waals surface area contributed by atoms with E-state index in [9.17, 15) is 19.2 Å². The molecular formula is C26H31N7O5. The minimum atomic E-state index is -0.830. The van der Waals surface area contributed by atoms with E-state index >= 15 is 0 Å². The van der Waals surface area contributed by atoms with Crippen molar-refractivity contribution in [2.24, 2.45) is 0 Å². The maximum Gasteiger partial charge on any atom is 0.255 e. The molecule has 3 heterocycles. The molecule has 4 rings (SSSR count). The molecular weight excluding hydrogens is 490 g/mol. The Balaban J connectivity index is 1.48. The van der Waals surface area contributed by atoms with Crippen LogP contribution in [0.4, 0.5) is 0 Å². The zero-order valence-corrected chi connectivity index (χ0v) is 20.9. The maximum atomic E-state index is 13.0. The molecule has 200 valence electrons. The number of ether oxygens (including phenoxy) is 1. The molecule has 0 saturated heterocycles. The lowest BCUT2D eigenvalue weighted by atomic mass is 10.1. The number of benzene rings is 1. The number of rotatable bonds is 3. The molecule has 0 radical (unpaired) electrons. The van der Waals surface area contributed by atoms with Gasteiger partial charge in [0, 0.05) is 49.4 Å². The summed E-state index contributed by atoms with van der Waals surface area (Å²) in [5.41, 5.74) is 1.51. The van der Waals surface area contributed by atoms with Crippen LogP contribution in [0.15, 0.2) is 55.2 Å². The third kappa shape index (κ3) is 7.45. The summed E-state index contributed by atoms with van der Waals surface area (Å²) in [6, 6.07) is 7.42. The number of aromatic nitrogens is 3. The summed E-state index contributed by atoms with van der Waals surface area (Å²) < 4.78 is 5.70. The molecule has 1 atom stereocenters. The number of amides is 4. The Hall–Kier alpha value is -4.61. The fraction of sp³-hybridized carbons (Fsp3) is 0.346. The van der Waals surface area contributed by atoms with E-state index in [1.54, 1.807) is 48.9 Å². The van der Waals surface area contributed by atoms with E-state index in [0.29, 0.717) is 48.5 Å². The van der Waals surface area contributed by atoms with Gasteiger partial charge in [0.2, 0.25) is 11.8 Å². The summed E-state index contributed by atoms with van der Waals surface area (Å²) in [5.74, 6) is -0.869. The number of aromatic amines is 2. The minimum absolute atomic E-state index is 0.101. The van der Waals surface area contributed by atoms with Gasteiger partial charge in [-0.2, -0.15) is 0 Å². The number of hydrogen-bond acceptors (Lipinski definition) is 6. The topological polar surface area (TPSA) is 161 Å². The van der Waals surface area contributed by atoms with Gasteiger partial charge in [-0.25, -0.2) is 4.98 Å². The van der Waals surface area contributed by atoms with Gasteiger partial charge in [-0.3, -0.25) is 19.2 Å². The van der Waals surface area contributed by atoms with Crippen molar-refractivity contribution in [2.45, 2.75) is 25.3 Å². The first-order valence-electron chi connectivity index (χ1n) is 12.5. The second kappa shape index (κ2) is 13.1. The first-order valence-corrected chi connectivity index (χ1v) is 12.5. The van der Waals surface area contributed by atoms with Crippen molar-refractivity contribution in [1.82, 2.24) is 35.8 Å². The molecule has 4 amide bonds. The molecule has 0 spiro atoms. The number of imidazole rings is 1. The standard InChI is InChI=1S/C26H31N7O5/c34-23-16-33(26(37)19-6-8-27-14-19)10-2-1-7-30-25(36)22(13-20-15-28-17-31-20)32-24(35)18-4-3-5-21(12-18)38-11-9-29-23/h3-6,8,12,14-15,17,22,27H,1-2,7,9-11,13,16H2,(H,28,31)(H,29,34)(H,30,36)(H,32,35)/t22-/m0/s1.